The van der Waals surface area contributed by atoms with Crippen molar-refractivity contribution < 1.29 is 14.7 Å². The number of carbonyl (C=O) groups excluding carboxylic acids is 1. The van der Waals surface area contributed by atoms with Crippen LogP contribution in [-0.2, 0) is 4.79 Å². The van der Waals surface area contributed by atoms with Crippen molar-refractivity contribution in [3.05, 3.63) is 23.9 Å². The topological polar surface area (TPSA) is 70.5 Å². The summed E-state index contributed by atoms with van der Waals surface area (Å²) < 4.78 is 0. The van der Waals surface area contributed by atoms with Gasteiger partial charge in [0.05, 0.1) is 5.56 Å². The molecule has 1 aromatic heterocycles. The average molecular weight is 250 g/mol. The largest absolute Gasteiger partial charge is 0.478 e. The number of hydrogen-bond donors (Lipinski definition) is 1. The third kappa shape index (κ3) is 3.84. The van der Waals surface area contributed by atoms with Crippen LogP contribution in [0.4, 0.5) is 5.82 Å². The molecule has 0 radical (unpaired) electrons. The van der Waals surface area contributed by atoms with Crippen LogP contribution in [0.15, 0.2) is 18.3 Å². The molecule has 0 saturated heterocycles. The fourth-order valence-corrected chi connectivity index (χ4v) is 1.41. The average Bonchev–Trinajstić information content (AvgIpc) is 2.26. The van der Waals surface area contributed by atoms with E-state index < -0.39 is 5.97 Å². The van der Waals surface area contributed by atoms with Crippen LogP contribution in [0.5, 0.6) is 0 Å². The van der Waals surface area contributed by atoms with Crippen LogP contribution in [0.3, 0.4) is 0 Å². The van der Waals surface area contributed by atoms with Gasteiger partial charge in [0.1, 0.15) is 5.82 Å². The van der Waals surface area contributed by atoms with Crippen molar-refractivity contribution in [2.75, 3.05) is 11.9 Å². The predicted molar refractivity (Wildman–Crippen MR) is 68.7 cm³/mol. The molecule has 0 aliphatic carbocycles. The van der Waals surface area contributed by atoms with E-state index in [-0.39, 0.29) is 16.9 Å². The summed E-state index contributed by atoms with van der Waals surface area (Å²) in [5.74, 6) is -0.620. The van der Waals surface area contributed by atoms with Gasteiger partial charge in [0.2, 0.25) is 5.91 Å². The number of amides is 1. The monoisotopic (exact) mass is 250 g/mol. The number of hydrogen-bond acceptors (Lipinski definition) is 3. The van der Waals surface area contributed by atoms with E-state index >= 15 is 0 Å². The van der Waals surface area contributed by atoms with Crippen molar-refractivity contribution in [3.8, 4) is 0 Å². The van der Waals surface area contributed by atoms with Crippen LogP contribution in [0.1, 0.15) is 37.6 Å². The van der Waals surface area contributed by atoms with Gasteiger partial charge in [-0.25, -0.2) is 9.78 Å². The molecule has 0 unspecified atom stereocenters. The molecule has 0 fully saturated rings. The van der Waals surface area contributed by atoms with Crippen molar-refractivity contribution in [1.82, 2.24) is 4.98 Å². The molecule has 0 aliphatic rings. The third-order valence-electron chi connectivity index (χ3n) is 2.39. The van der Waals surface area contributed by atoms with Crippen molar-refractivity contribution in [1.29, 1.82) is 0 Å². The summed E-state index contributed by atoms with van der Waals surface area (Å²) in [6, 6.07) is 2.97. The smallest absolute Gasteiger partial charge is 0.337 e. The lowest BCUT2D eigenvalue weighted by molar-refractivity contribution is -0.120. The first-order valence-electron chi connectivity index (χ1n) is 5.66. The number of carbonyl (C=O) groups is 2. The summed E-state index contributed by atoms with van der Waals surface area (Å²) in [4.78, 5) is 28.0. The van der Waals surface area contributed by atoms with E-state index in [4.69, 9.17) is 5.11 Å². The Morgan fingerprint density at radius 1 is 1.33 bits per heavy atom. The van der Waals surface area contributed by atoms with Crippen molar-refractivity contribution in [2.45, 2.75) is 27.2 Å². The molecule has 0 aliphatic heterocycles. The van der Waals surface area contributed by atoms with Crippen LogP contribution in [0.25, 0.3) is 0 Å². The Labute approximate surface area is 106 Å². The predicted octanol–water partition coefficient (Wildman–Crippen LogP) is 2.18. The zero-order chi connectivity index (χ0) is 13.9. The van der Waals surface area contributed by atoms with E-state index in [0.717, 1.165) is 0 Å². The number of nitrogens with zero attached hydrogens (tertiary/aromatic N) is 2. The Balaban J connectivity index is 2.81. The van der Waals surface area contributed by atoms with Gasteiger partial charge in [-0.15, -0.1) is 0 Å². The minimum atomic E-state index is -1.03. The number of aromatic nitrogens is 1. The second kappa shape index (κ2) is 5.16. The van der Waals surface area contributed by atoms with Gasteiger partial charge in [-0.1, -0.05) is 20.8 Å². The quantitative estimate of drug-likeness (QED) is 0.892. The number of carboxylic acid groups (broad SMARTS) is 1. The molecule has 1 amide bonds. The highest BCUT2D eigenvalue weighted by atomic mass is 16.4. The fraction of sp³-hybridized carbons (Fsp3) is 0.462. The summed E-state index contributed by atoms with van der Waals surface area (Å²) in [5.41, 5.74) is 0.0159. The minimum absolute atomic E-state index is 0.0434. The summed E-state index contributed by atoms with van der Waals surface area (Å²) in [6.45, 7) is 5.96. The second-order valence-electron chi connectivity index (χ2n) is 5.40. The van der Waals surface area contributed by atoms with Crippen LogP contribution in [0, 0.1) is 5.41 Å². The Kier molecular flexibility index (Phi) is 4.06. The molecule has 1 rings (SSSR count). The number of rotatable bonds is 3. The van der Waals surface area contributed by atoms with Crippen molar-refractivity contribution in [3.63, 3.8) is 0 Å². The van der Waals surface area contributed by atoms with Crippen LogP contribution >= 0.6 is 0 Å². The number of anilines is 1. The number of pyridine rings is 1. The van der Waals surface area contributed by atoms with E-state index in [1.165, 1.54) is 23.2 Å². The first-order chi connectivity index (χ1) is 8.20. The Bertz CT molecular complexity index is 446. The first-order valence-corrected chi connectivity index (χ1v) is 5.66. The maximum atomic E-state index is 11.9. The van der Waals surface area contributed by atoms with E-state index in [2.05, 4.69) is 4.98 Å². The number of aromatic carboxylic acids is 1. The van der Waals surface area contributed by atoms with Crippen LogP contribution < -0.4 is 4.90 Å². The maximum absolute atomic E-state index is 11.9. The van der Waals surface area contributed by atoms with Crippen molar-refractivity contribution >= 4 is 17.7 Å². The Hall–Kier alpha value is -1.91. The zero-order valence-corrected chi connectivity index (χ0v) is 11.1. The van der Waals surface area contributed by atoms with Gasteiger partial charge in [-0.05, 0) is 17.5 Å². The second-order valence-corrected chi connectivity index (χ2v) is 5.40. The summed E-state index contributed by atoms with van der Waals surface area (Å²) in [6.07, 6.45) is 1.66. The first kappa shape index (κ1) is 14.2. The molecule has 0 atom stereocenters. The molecule has 98 valence electrons. The van der Waals surface area contributed by atoms with Crippen LogP contribution in [0.2, 0.25) is 0 Å². The van der Waals surface area contributed by atoms with Gasteiger partial charge in [0.15, 0.2) is 0 Å². The molecular weight excluding hydrogens is 232 g/mol. The summed E-state index contributed by atoms with van der Waals surface area (Å²) in [7, 11) is 1.64. The minimum Gasteiger partial charge on any atom is -0.478 e. The standard InChI is InChI=1S/C13H18N2O3/c1-13(2,3)7-11(16)15(4)10-6-5-9(8-14-10)12(17)18/h5-6,8H,7H2,1-4H3,(H,17,18). The molecule has 0 saturated carbocycles. The summed E-state index contributed by atoms with van der Waals surface area (Å²) >= 11 is 0. The van der Waals surface area contributed by atoms with E-state index in [1.54, 1.807) is 7.05 Å². The Morgan fingerprint density at radius 2 is 1.94 bits per heavy atom. The van der Waals surface area contributed by atoms with Gasteiger partial charge in [0, 0.05) is 19.7 Å². The number of carboxylic acids is 1. The molecular formula is C13H18N2O3. The van der Waals surface area contributed by atoms with Gasteiger partial charge >= 0.3 is 5.97 Å². The maximum Gasteiger partial charge on any atom is 0.337 e. The van der Waals surface area contributed by atoms with E-state index in [0.29, 0.717) is 12.2 Å². The molecule has 1 N–H and O–H groups in total. The van der Waals surface area contributed by atoms with E-state index in [1.807, 2.05) is 20.8 Å². The molecule has 0 aromatic carbocycles. The molecule has 1 heterocycles. The lowest BCUT2D eigenvalue weighted by Gasteiger charge is -2.22. The van der Waals surface area contributed by atoms with E-state index in [9.17, 15) is 9.59 Å². The molecule has 0 bridgehead atoms. The SMILES string of the molecule is CN(C(=O)CC(C)(C)C)c1ccc(C(=O)O)cn1. The lowest BCUT2D eigenvalue weighted by atomic mass is 9.92. The molecule has 0 spiro atoms. The van der Waals surface area contributed by atoms with Gasteiger partial charge in [-0.2, -0.15) is 0 Å². The zero-order valence-electron chi connectivity index (χ0n) is 11.1. The van der Waals surface area contributed by atoms with Crippen LogP contribution in [-0.4, -0.2) is 29.0 Å². The fourth-order valence-electron chi connectivity index (χ4n) is 1.41. The lowest BCUT2D eigenvalue weighted by Crippen LogP contribution is -2.30. The normalized spacial score (nSPS) is 11.1. The highest BCUT2D eigenvalue weighted by molar-refractivity contribution is 5.93. The van der Waals surface area contributed by atoms with Gasteiger partial charge < -0.3 is 5.11 Å². The van der Waals surface area contributed by atoms with Crippen molar-refractivity contribution in [2.24, 2.45) is 5.41 Å². The molecule has 18 heavy (non-hydrogen) atoms. The molecule has 5 heteroatoms. The molecule has 5 nitrogen and oxygen atoms in total. The van der Waals surface area contributed by atoms with Gasteiger partial charge in [-0.3, -0.25) is 9.69 Å². The highest BCUT2D eigenvalue weighted by Gasteiger charge is 2.20. The molecule has 1 aromatic rings. The Morgan fingerprint density at radius 3 is 2.33 bits per heavy atom. The summed E-state index contributed by atoms with van der Waals surface area (Å²) in [5, 5.41) is 8.76. The highest BCUT2D eigenvalue weighted by Crippen LogP contribution is 2.21. The third-order valence-corrected chi connectivity index (χ3v) is 2.39. The van der Waals surface area contributed by atoms with Gasteiger partial charge in [0.25, 0.3) is 0 Å².